The quantitative estimate of drug-likeness (QED) is 0.588. The van der Waals surface area contributed by atoms with E-state index in [0.717, 1.165) is 10.1 Å². The first-order valence-electron chi connectivity index (χ1n) is 5.22. The number of hydrogen-bond donors (Lipinski definition) is 0. The molecule has 0 aliphatic heterocycles. The number of ketones is 1. The summed E-state index contributed by atoms with van der Waals surface area (Å²) in [7, 11) is 0. The van der Waals surface area contributed by atoms with Crippen molar-refractivity contribution >= 4 is 34.0 Å². The van der Waals surface area contributed by atoms with Crippen molar-refractivity contribution in [2.24, 2.45) is 0 Å². The summed E-state index contributed by atoms with van der Waals surface area (Å²) in [6.45, 7) is 0. The minimum atomic E-state index is 0. The number of hydrogen-bond acceptors (Lipinski definition) is 3. The zero-order chi connectivity index (χ0) is 12.5. The molecule has 0 spiro atoms. The van der Waals surface area contributed by atoms with Crippen LogP contribution in [0.1, 0.15) is 6.42 Å². The van der Waals surface area contributed by atoms with E-state index in [2.05, 4.69) is 0 Å². The van der Waals surface area contributed by atoms with Gasteiger partial charge in [-0.15, -0.1) is 11.8 Å². The Morgan fingerprint density at radius 3 is 1.89 bits per heavy atom. The molecule has 0 unspecified atom stereocenters. The molecule has 0 aromatic rings. The third kappa shape index (κ3) is 7.93. The number of thiocarbonyl (C=S) groups is 1. The molecule has 94 valence electrons. The topological polar surface area (TPSA) is 17.1 Å². The van der Waals surface area contributed by atoms with E-state index in [1.165, 1.54) is 11.8 Å². The van der Waals surface area contributed by atoms with E-state index in [0.29, 0.717) is 6.42 Å². The van der Waals surface area contributed by atoms with E-state index in [1.54, 1.807) is 0 Å². The largest absolute Gasteiger partial charge is 2.00 e. The summed E-state index contributed by atoms with van der Waals surface area (Å²) in [6, 6.07) is 0. The molecule has 10 radical (unpaired) electrons. The van der Waals surface area contributed by atoms with Gasteiger partial charge in [0.1, 0.15) is 5.78 Å². The van der Waals surface area contributed by atoms with Gasteiger partial charge >= 0.3 is 17.1 Å². The van der Waals surface area contributed by atoms with Crippen LogP contribution in [0, 0.1) is 63.7 Å². The first-order chi connectivity index (χ1) is 8.24. The van der Waals surface area contributed by atoms with Crippen LogP contribution in [-0.2, 0) is 21.9 Å². The Bertz CT molecular complexity index is 239. The molecule has 0 aromatic carbocycles. The molecule has 0 heterocycles. The zero-order valence-corrected chi connectivity index (χ0v) is 12.7. The molecule has 2 fully saturated rings. The summed E-state index contributed by atoms with van der Waals surface area (Å²) >= 11 is 6.41. The van der Waals surface area contributed by atoms with Crippen LogP contribution in [0.4, 0.5) is 0 Å². The summed E-state index contributed by atoms with van der Waals surface area (Å²) in [6.07, 6.45) is 19.6. The van der Waals surface area contributed by atoms with Crippen molar-refractivity contribution in [1.29, 1.82) is 0 Å². The first-order valence-corrected chi connectivity index (χ1v) is 6.85. The minimum absolute atomic E-state index is 0. The Balaban J connectivity index is 0.000000405. The number of carbonyl (C=O) groups excluding carboxylic acids is 1. The second-order valence-electron chi connectivity index (χ2n) is 3.31. The molecule has 4 heteroatoms. The Morgan fingerprint density at radius 2 is 1.50 bits per heavy atom. The summed E-state index contributed by atoms with van der Waals surface area (Å²) in [5.74, 6) is 0.866. The molecule has 0 aromatic heterocycles. The predicted octanol–water partition coefficient (Wildman–Crippen LogP) is 3.06. The predicted molar refractivity (Wildman–Crippen MR) is 77.7 cm³/mol. The number of carbonyl (C=O) groups is 1. The normalized spacial score (nSPS) is 18.7. The number of thioether (sulfide) groups is 1. The van der Waals surface area contributed by atoms with Crippen molar-refractivity contribution < 1.29 is 21.9 Å². The van der Waals surface area contributed by atoms with Gasteiger partial charge in [0.15, 0.2) is 0 Å². The van der Waals surface area contributed by atoms with Crippen molar-refractivity contribution in [3.63, 3.8) is 0 Å². The van der Waals surface area contributed by atoms with Gasteiger partial charge in [0.05, 0.1) is 4.20 Å². The van der Waals surface area contributed by atoms with Crippen molar-refractivity contribution in [3.05, 3.63) is 63.7 Å². The monoisotopic (exact) mass is 318 g/mol. The smallest absolute Gasteiger partial charge is 0.299 e. The van der Waals surface area contributed by atoms with Gasteiger partial charge in [0.25, 0.3) is 0 Å². The van der Waals surface area contributed by atoms with Gasteiger partial charge in [-0.1, -0.05) is 12.2 Å². The van der Waals surface area contributed by atoms with Crippen LogP contribution < -0.4 is 0 Å². The Labute approximate surface area is 132 Å². The first kappa shape index (κ1) is 18.6. The van der Waals surface area contributed by atoms with E-state index in [-0.39, 0.29) is 22.9 Å². The SMILES string of the molecule is CSC(=S)CC(=O)[C]1[CH][CH][CH][CH]1.[CH]1[CH][CH][CH][CH]1.[Fe+2]. The van der Waals surface area contributed by atoms with Gasteiger partial charge in [-0.3, -0.25) is 4.79 Å². The maximum absolute atomic E-state index is 11.4. The van der Waals surface area contributed by atoms with Crippen LogP contribution in [0.3, 0.4) is 0 Å². The Morgan fingerprint density at radius 1 is 1.06 bits per heavy atom. The molecule has 0 saturated heterocycles. The maximum atomic E-state index is 11.4. The molecular formula is C14H14FeOS2+2. The van der Waals surface area contributed by atoms with Crippen LogP contribution >= 0.6 is 24.0 Å². The molecule has 18 heavy (non-hydrogen) atoms. The van der Waals surface area contributed by atoms with Gasteiger partial charge in [0.2, 0.25) is 0 Å². The fourth-order valence-corrected chi connectivity index (χ4v) is 1.59. The average Bonchev–Trinajstić information content (AvgIpc) is 3.04. The third-order valence-corrected chi connectivity index (χ3v) is 3.32. The molecule has 2 aliphatic carbocycles. The van der Waals surface area contributed by atoms with E-state index in [1.807, 2.05) is 64.0 Å². The molecule has 1 nitrogen and oxygen atoms in total. The summed E-state index contributed by atoms with van der Waals surface area (Å²) in [5.41, 5.74) is 0. The second-order valence-corrected chi connectivity index (χ2v) is 4.96. The average molecular weight is 318 g/mol. The van der Waals surface area contributed by atoms with Crippen LogP contribution in [0.2, 0.25) is 0 Å². The van der Waals surface area contributed by atoms with E-state index in [4.69, 9.17) is 12.2 Å². The summed E-state index contributed by atoms with van der Waals surface area (Å²) in [4.78, 5) is 11.4. The van der Waals surface area contributed by atoms with E-state index < -0.39 is 0 Å². The molecule has 2 aliphatic rings. The van der Waals surface area contributed by atoms with Gasteiger partial charge in [0, 0.05) is 12.3 Å². The van der Waals surface area contributed by atoms with Crippen molar-refractivity contribution in [1.82, 2.24) is 0 Å². The second kappa shape index (κ2) is 11.5. The van der Waals surface area contributed by atoms with Gasteiger partial charge in [-0.05, 0) is 64.0 Å². The standard InChI is InChI=1S/C9H9OS2.C5H5.Fe/c1-12-9(11)6-8(10)7-4-2-3-5-7;1-2-4-5-3-1;/h2-5H,6H2,1H3;1-5H;/q;;+2. The Kier molecular flexibility index (Phi) is 11.9. The van der Waals surface area contributed by atoms with Gasteiger partial charge < -0.3 is 0 Å². The molecule has 2 saturated carbocycles. The summed E-state index contributed by atoms with van der Waals surface area (Å²) in [5, 5.41) is 0. The third-order valence-electron chi connectivity index (χ3n) is 2.07. The molecule has 0 atom stereocenters. The Hall–Kier alpha value is 0.629. The van der Waals surface area contributed by atoms with E-state index >= 15 is 0 Å². The van der Waals surface area contributed by atoms with E-state index in [9.17, 15) is 4.79 Å². The number of Topliss-reactive ketones (excluding diaryl/α,β-unsaturated/α-hetero) is 1. The zero-order valence-electron chi connectivity index (χ0n) is 9.98. The van der Waals surface area contributed by atoms with Crippen molar-refractivity contribution in [2.45, 2.75) is 6.42 Å². The molecular weight excluding hydrogens is 304 g/mol. The van der Waals surface area contributed by atoms with Gasteiger partial charge in [-0.25, -0.2) is 0 Å². The number of rotatable bonds is 3. The summed E-state index contributed by atoms with van der Waals surface area (Å²) < 4.78 is 0.751. The molecule has 0 bridgehead atoms. The maximum Gasteiger partial charge on any atom is 2.00 e. The fourth-order valence-electron chi connectivity index (χ4n) is 1.19. The van der Waals surface area contributed by atoms with Gasteiger partial charge in [-0.2, -0.15) is 0 Å². The van der Waals surface area contributed by atoms with Crippen LogP contribution in [0.15, 0.2) is 0 Å². The van der Waals surface area contributed by atoms with Crippen molar-refractivity contribution in [2.75, 3.05) is 6.26 Å². The molecule has 2 rings (SSSR count). The van der Waals surface area contributed by atoms with Crippen molar-refractivity contribution in [3.8, 4) is 0 Å². The molecule has 0 amide bonds. The van der Waals surface area contributed by atoms with Crippen LogP contribution in [0.25, 0.3) is 0 Å². The van der Waals surface area contributed by atoms with Crippen LogP contribution in [-0.4, -0.2) is 16.2 Å². The molecule has 0 N–H and O–H groups in total. The van der Waals surface area contributed by atoms with Crippen LogP contribution in [0.5, 0.6) is 0 Å². The minimum Gasteiger partial charge on any atom is -0.299 e. The fraction of sp³-hybridized carbons (Fsp3) is 0.143.